The predicted octanol–water partition coefficient (Wildman–Crippen LogP) is 0.930. The fraction of sp³-hybridized carbons (Fsp3) is 0.857. The number of ether oxygens (including phenoxy) is 1. The van der Waals surface area contributed by atoms with Gasteiger partial charge in [0.15, 0.2) is 0 Å². The van der Waals surface area contributed by atoms with Crippen LogP contribution in [0.5, 0.6) is 0 Å². The van der Waals surface area contributed by atoms with Gasteiger partial charge < -0.3 is 15.0 Å². The summed E-state index contributed by atoms with van der Waals surface area (Å²) in [6.07, 6.45) is 4.35. The number of esters is 1. The maximum Gasteiger partial charge on any atom is 0.328 e. The lowest BCUT2D eigenvalue weighted by Crippen LogP contribution is -2.49. The van der Waals surface area contributed by atoms with E-state index >= 15 is 0 Å². The molecule has 2 rings (SSSR count). The number of nitrogens with one attached hydrogen (secondary N) is 1. The zero-order valence-corrected chi connectivity index (χ0v) is 11.7. The van der Waals surface area contributed by atoms with E-state index in [0.29, 0.717) is 25.5 Å². The molecule has 0 aromatic heterocycles. The molecule has 2 aliphatic heterocycles. The van der Waals surface area contributed by atoms with Crippen molar-refractivity contribution in [2.75, 3.05) is 26.2 Å². The van der Waals surface area contributed by atoms with Gasteiger partial charge in [-0.05, 0) is 51.6 Å². The first-order valence-electron chi connectivity index (χ1n) is 7.39. The van der Waals surface area contributed by atoms with Crippen molar-refractivity contribution in [3.05, 3.63) is 0 Å². The molecule has 0 bridgehead atoms. The Bertz CT molecular complexity index is 327. The highest BCUT2D eigenvalue weighted by molar-refractivity contribution is 5.85. The van der Waals surface area contributed by atoms with E-state index in [4.69, 9.17) is 4.74 Å². The number of likely N-dealkylation sites (tertiary alicyclic amines) is 1. The van der Waals surface area contributed by atoms with E-state index in [0.717, 1.165) is 38.8 Å². The zero-order valence-electron chi connectivity index (χ0n) is 11.7. The molecule has 2 saturated heterocycles. The largest absolute Gasteiger partial charge is 0.464 e. The van der Waals surface area contributed by atoms with Gasteiger partial charge in [0.1, 0.15) is 6.04 Å². The molecule has 1 amide bonds. The van der Waals surface area contributed by atoms with Crippen molar-refractivity contribution in [1.29, 1.82) is 0 Å². The van der Waals surface area contributed by atoms with Crippen molar-refractivity contribution in [2.24, 2.45) is 5.92 Å². The molecule has 2 fully saturated rings. The third-order valence-corrected chi connectivity index (χ3v) is 4.01. The van der Waals surface area contributed by atoms with E-state index in [-0.39, 0.29) is 17.9 Å². The molecule has 2 aliphatic rings. The smallest absolute Gasteiger partial charge is 0.328 e. The molecule has 108 valence electrons. The van der Waals surface area contributed by atoms with E-state index in [1.54, 1.807) is 11.8 Å². The summed E-state index contributed by atoms with van der Waals surface area (Å²) in [6.45, 7) is 4.80. The molecule has 2 heterocycles. The zero-order chi connectivity index (χ0) is 13.7. The number of carbonyl (C=O) groups is 2. The molecule has 1 N–H and O–H groups in total. The average molecular weight is 268 g/mol. The van der Waals surface area contributed by atoms with Gasteiger partial charge in [-0.1, -0.05) is 0 Å². The first-order valence-corrected chi connectivity index (χ1v) is 7.39. The number of hydrogen-bond acceptors (Lipinski definition) is 4. The number of piperidine rings is 1. The van der Waals surface area contributed by atoms with Crippen LogP contribution in [0.15, 0.2) is 0 Å². The summed E-state index contributed by atoms with van der Waals surface area (Å²) in [5.74, 6) is 0.309. The normalized spacial score (nSPS) is 27.3. The van der Waals surface area contributed by atoms with Gasteiger partial charge in [0, 0.05) is 13.0 Å². The summed E-state index contributed by atoms with van der Waals surface area (Å²) in [5, 5.41) is 3.27. The topological polar surface area (TPSA) is 58.6 Å². The number of amides is 1. The highest BCUT2D eigenvalue weighted by Gasteiger charge is 2.34. The van der Waals surface area contributed by atoms with Gasteiger partial charge in [0.25, 0.3) is 0 Å². The van der Waals surface area contributed by atoms with Crippen molar-refractivity contribution >= 4 is 11.9 Å². The molecule has 0 radical (unpaired) electrons. The average Bonchev–Trinajstić information content (AvgIpc) is 2.92. The fourth-order valence-corrected chi connectivity index (χ4v) is 2.97. The first kappa shape index (κ1) is 14.3. The third kappa shape index (κ3) is 3.69. The van der Waals surface area contributed by atoms with Crippen molar-refractivity contribution in [3.63, 3.8) is 0 Å². The Hall–Kier alpha value is -1.10. The van der Waals surface area contributed by atoms with Crippen LogP contribution < -0.4 is 5.32 Å². The Labute approximate surface area is 114 Å². The molecular weight excluding hydrogens is 244 g/mol. The number of rotatable bonds is 4. The third-order valence-electron chi connectivity index (χ3n) is 4.01. The first-order chi connectivity index (χ1) is 9.22. The Kier molecular flexibility index (Phi) is 5.19. The lowest BCUT2D eigenvalue weighted by Gasteiger charge is -2.34. The van der Waals surface area contributed by atoms with Crippen LogP contribution >= 0.6 is 0 Å². The van der Waals surface area contributed by atoms with Crippen LogP contribution in [0, 0.1) is 5.92 Å². The van der Waals surface area contributed by atoms with Crippen LogP contribution in [0.3, 0.4) is 0 Å². The van der Waals surface area contributed by atoms with E-state index in [1.165, 1.54) is 0 Å². The summed E-state index contributed by atoms with van der Waals surface area (Å²) >= 11 is 0. The predicted molar refractivity (Wildman–Crippen MR) is 71.6 cm³/mol. The van der Waals surface area contributed by atoms with Gasteiger partial charge >= 0.3 is 5.97 Å². The highest BCUT2D eigenvalue weighted by Crippen LogP contribution is 2.22. The van der Waals surface area contributed by atoms with Crippen LogP contribution in [0.4, 0.5) is 0 Å². The molecule has 2 unspecified atom stereocenters. The van der Waals surface area contributed by atoms with Crippen LogP contribution in [0.2, 0.25) is 0 Å². The molecule has 19 heavy (non-hydrogen) atoms. The van der Waals surface area contributed by atoms with Crippen LogP contribution in [0.1, 0.15) is 39.0 Å². The molecule has 5 nitrogen and oxygen atoms in total. The Morgan fingerprint density at radius 3 is 2.84 bits per heavy atom. The Morgan fingerprint density at radius 2 is 2.16 bits per heavy atom. The Balaban J connectivity index is 1.93. The van der Waals surface area contributed by atoms with E-state index in [2.05, 4.69) is 5.32 Å². The fourth-order valence-electron chi connectivity index (χ4n) is 2.97. The van der Waals surface area contributed by atoms with Crippen molar-refractivity contribution in [1.82, 2.24) is 10.2 Å². The maximum atomic E-state index is 12.4. The lowest BCUT2D eigenvalue weighted by molar-refractivity contribution is -0.157. The summed E-state index contributed by atoms with van der Waals surface area (Å²) in [7, 11) is 0. The quantitative estimate of drug-likeness (QED) is 0.771. The van der Waals surface area contributed by atoms with Gasteiger partial charge in [0.2, 0.25) is 5.91 Å². The van der Waals surface area contributed by atoms with E-state index < -0.39 is 0 Å². The lowest BCUT2D eigenvalue weighted by atomic mass is 9.98. The van der Waals surface area contributed by atoms with Crippen molar-refractivity contribution in [3.8, 4) is 0 Å². The minimum Gasteiger partial charge on any atom is -0.464 e. The van der Waals surface area contributed by atoms with Crippen LogP contribution in [-0.2, 0) is 14.3 Å². The monoisotopic (exact) mass is 268 g/mol. The molecule has 0 aromatic rings. The van der Waals surface area contributed by atoms with Gasteiger partial charge in [-0.25, -0.2) is 4.79 Å². The van der Waals surface area contributed by atoms with Crippen LogP contribution in [0.25, 0.3) is 0 Å². The van der Waals surface area contributed by atoms with Gasteiger partial charge in [-0.15, -0.1) is 0 Å². The van der Waals surface area contributed by atoms with Crippen molar-refractivity contribution < 1.29 is 14.3 Å². The molecular formula is C14H24N2O3. The molecule has 0 aromatic carbocycles. The van der Waals surface area contributed by atoms with E-state index in [9.17, 15) is 9.59 Å². The minimum absolute atomic E-state index is 0.117. The minimum atomic E-state index is -0.351. The van der Waals surface area contributed by atoms with Gasteiger partial charge in [-0.3, -0.25) is 4.79 Å². The molecule has 0 saturated carbocycles. The summed E-state index contributed by atoms with van der Waals surface area (Å²) in [6, 6.07) is -0.351. The summed E-state index contributed by atoms with van der Waals surface area (Å²) < 4.78 is 5.09. The van der Waals surface area contributed by atoms with Crippen molar-refractivity contribution in [2.45, 2.75) is 45.1 Å². The summed E-state index contributed by atoms with van der Waals surface area (Å²) in [4.78, 5) is 26.0. The summed E-state index contributed by atoms with van der Waals surface area (Å²) in [5.41, 5.74) is 0. The number of hydrogen-bond donors (Lipinski definition) is 1. The van der Waals surface area contributed by atoms with Gasteiger partial charge in [0.05, 0.1) is 6.61 Å². The number of carbonyl (C=O) groups excluding carboxylic acids is 2. The molecule has 0 aliphatic carbocycles. The standard InChI is InChI=1S/C14H24N2O3/c1-2-19-14(18)12-5-3-4-8-16(12)13(17)9-11-6-7-15-10-11/h11-12,15H,2-10H2,1H3. The van der Waals surface area contributed by atoms with Crippen LogP contribution in [-0.4, -0.2) is 49.1 Å². The molecule has 5 heteroatoms. The van der Waals surface area contributed by atoms with E-state index in [1.807, 2.05) is 0 Å². The SMILES string of the molecule is CCOC(=O)C1CCCCN1C(=O)CC1CCNC1. The second-order valence-electron chi connectivity index (χ2n) is 5.41. The second kappa shape index (κ2) is 6.89. The molecule has 0 spiro atoms. The second-order valence-corrected chi connectivity index (χ2v) is 5.41. The number of nitrogens with zero attached hydrogens (tertiary/aromatic N) is 1. The maximum absolute atomic E-state index is 12.4. The molecule has 2 atom stereocenters. The highest BCUT2D eigenvalue weighted by atomic mass is 16.5. The Morgan fingerprint density at radius 1 is 1.32 bits per heavy atom. The van der Waals surface area contributed by atoms with Gasteiger partial charge in [-0.2, -0.15) is 0 Å².